The van der Waals surface area contributed by atoms with Gasteiger partial charge >= 0.3 is 0 Å². The lowest BCUT2D eigenvalue weighted by Gasteiger charge is -2.36. The molecule has 1 N–H and O–H groups in total. The summed E-state index contributed by atoms with van der Waals surface area (Å²) >= 11 is 6.09. The van der Waals surface area contributed by atoms with E-state index in [1.807, 2.05) is 0 Å². The van der Waals surface area contributed by atoms with Gasteiger partial charge in [0.1, 0.15) is 0 Å². The van der Waals surface area contributed by atoms with Crippen LogP contribution in [0.4, 0.5) is 0 Å². The summed E-state index contributed by atoms with van der Waals surface area (Å²) in [6.45, 7) is 1.95. The standard InChI is InChI=1S/C12H24ClNO/c1-15-10-6-5-9-14-12(11-13)7-3-2-4-8-12/h14H,2-11H2,1H3. The van der Waals surface area contributed by atoms with Crippen LogP contribution in [0.25, 0.3) is 0 Å². The lowest BCUT2D eigenvalue weighted by atomic mass is 9.83. The molecule has 0 aromatic carbocycles. The second-order valence-corrected chi connectivity index (χ2v) is 4.87. The average Bonchev–Trinajstić information content (AvgIpc) is 2.30. The van der Waals surface area contributed by atoms with Gasteiger partial charge in [-0.3, -0.25) is 0 Å². The Bertz CT molecular complexity index is 158. The van der Waals surface area contributed by atoms with E-state index in [-0.39, 0.29) is 5.54 Å². The minimum Gasteiger partial charge on any atom is -0.385 e. The van der Waals surface area contributed by atoms with E-state index < -0.39 is 0 Å². The van der Waals surface area contributed by atoms with Gasteiger partial charge < -0.3 is 10.1 Å². The molecule has 0 bridgehead atoms. The minimum absolute atomic E-state index is 0.243. The quantitative estimate of drug-likeness (QED) is 0.539. The molecule has 0 aliphatic heterocycles. The third-order valence-electron chi connectivity index (χ3n) is 3.34. The Balaban J connectivity index is 2.15. The van der Waals surface area contributed by atoms with Crippen molar-refractivity contribution >= 4 is 11.6 Å². The maximum absolute atomic E-state index is 6.09. The number of hydrogen-bond acceptors (Lipinski definition) is 2. The van der Waals surface area contributed by atoms with E-state index in [1.165, 1.54) is 38.5 Å². The first kappa shape index (κ1) is 13.3. The second-order valence-electron chi connectivity index (χ2n) is 4.60. The van der Waals surface area contributed by atoms with Crippen molar-refractivity contribution in [2.75, 3.05) is 26.1 Å². The summed E-state index contributed by atoms with van der Waals surface area (Å²) in [5.74, 6) is 0.761. The Morgan fingerprint density at radius 2 is 1.93 bits per heavy atom. The fraction of sp³-hybridized carbons (Fsp3) is 1.00. The molecule has 2 nitrogen and oxygen atoms in total. The normalized spacial score (nSPS) is 20.4. The van der Waals surface area contributed by atoms with Crippen LogP contribution in [-0.2, 0) is 4.74 Å². The highest BCUT2D eigenvalue weighted by Gasteiger charge is 2.29. The van der Waals surface area contributed by atoms with Crippen molar-refractivity contribution in [3.63, 3.8) is 0 Å². The Morgan fingerprint density at radius 1 is 1.20 bits per heavy atom. The Kier molecular flexibility index (Phi) is 6.62. The minimum atomic E-state index is 0.243. The molecular weight excluding hydrogens is 210 g/mol. The molecule has 0 atom stereocenters. The molecule has 0 aromatic heterocycles. The van der Waals surface area contributed by atoms with Crippen LogP contribution in [0.5, 0.6) is 0 Å². The van der Waals surface area contributed by atoms with Gasteiger partial charge in [-0.1, -0.05) is 19.3 Å². The van der Waals surface area contributed by atoms with Crippen LogP contribution in [0.1, 0.15) is 44.9 Å². The largest absolute Gasteiger partial charge is 0.385 e. The Labute approximate surface area is 98.7 Å². The number of ether oxygens (including phenoxy) is 1. The third kappa shape index (κ3) is 4.71. The van der Waals surface area contributed by atoms with Gasteiger partial charge in [-0.2, -0.15) is 0 Å². The summed E-state index contributed by atoms with van der Waals surface area (Å²) < 4.78 is 5.03. The van der Waals surface area contributed by atoms with E-state index in [9.17, 15) is 0 Å². The van der Waals surface area contributed by atoms with Gasteiger partial charge in [0, 0.05) is 25.1 Å². The number of halogens is 1. The summed E-state index contributed by atoms with van der Waals surface area (Å²) in [5.41, 5.74) is 0.243. The first-order chi connectivity index (χ1) is 7.33. The van der Waals surface area contributed by atoms with Crippen LogP contribution in [0.15, 0.2) is 0 Å². The zero-order chi connectivity index (χ0) is 11.0. The third-order valence-corrected chi connectivity index (χ3v) is 3.85. The molecule has 3 heteroatoms. The van der Waals surface area contributed by atoms with Crippen LogP contribution in [0, 0.1) is 0 Å². The fourth-order valence-corrected chi connectivity index (χ4v) is 2.67. The molecule has 1 aliphatic rings. The van der Waals surface area contributed by atoms with Gasteiger partial charge in [0.25, 0.3) is 0 Å². The molecule has 90 valence electrons. The molecular formula is C12H24ClNO. The van der Waals surface area contributed by atoms with E-state index in [0.29, 0.717) is 0 Å². The summed E-state index contributed by atoms with van der Waals surface area (Å²) in [5, 5.41) is 3.66. The van der Waals surface area contributed by atoms with Crippen LogP contribution in [0.2, 0.25) is 0 Å². The summed E-state index contributed by atoms with van der Waals surface area (Å²) in [7, 11) is 1.76. The summed E-state index contributed by atoms with van der Waals surface area (Å²) in [6.07, 6.45) is 8.87. The van der Waals surface area contributed by atoms with Crippen LogP contribution in [0.3, 0.4) is 0 Å². The molecule has 0 unspecified atom stereocenters. The number of rotatable bonds is 7. The Hall–Kier alpha value is 0.210. The highest BCUT2D eigenvalue weighted by atomic mass is 35.5. The molecule has 15 heavy (non-hydrogen) atoms. The predicted octanol–water partition coefficient (Wildman–Crippen LogP) is 2.94. The predicted molar refractivity (Wildman–Crippen MR) is 65.6 cm³/mol. The maximum atomic E-state index is 6.09. The van der Waals surface area contributed by atoms with Crippen molar-refractivity contribution in [3.8, 4) is 0 Å². The van der Waals surface area contributed by atoms with Crippen molar-refractivity contribution in [3.05, 3.63) is 0 Å². The molecule has 1 rings (SSSR count). The molecule has 0 spiro atoms. The number of unbranched alkanes of at least 4 members (excludes halogenated alkanes) is 1. The first-order valence-electron chi connectivity index (χ1n) is 6.13. The lowest BCUT2D eigenvalue weighted by molar-refractivity contribution is 0.189. The van der Waals surface area contributed by atoms with Gasteiger partial charge in [-0.15, -0.1) is 11.6 Å². The van der Waals surface area contributed by atoms with E-state index in [2.05, 4.69) is 5.32 Å². The molecule has 0 saturated heterocycles. The molecule has 1 saturated carbocycles. The number of methoxy groups -OCH3 is 1. The van der Waals surface area contributed by atoms with Gasteiger partial charge in [-0.25, -0.2) is 0 Å². The zero-order valence-electron chi connectivity index (χ0n) is 9.86. The molecule has 0 amide bonds. The molecule has 0 aromatic rings. The van der Waals surface area contributed by atoms with Crippen LogP contribution < -0.4 is 5.32 Å². The summed E-state index contributed by atoms with van der Waals surface area (Å²) in [4.78, 5) is 0. The monoisotopic (exact) mass is 233 g/mol. The van der Waals surface area contributed by atoms with Gasteiger partial charge in [0.05, 0.1) is 0 Å². The topological polar surface area (TPSA) is 21.3 Å². The van der Waals surface area contributed by atoms with Crippen LogP contribution in [-0.4, -0.2) is 31.7 Å². The molecule has 0 heterocycles. The van der Waals surface area contributed by atoms with Gasteiger partial charge in [0.2, 0.25) is 0 Å². The van der Waals surface area contributed by atoms with Crippen molar-refractivity contribution in [2.24, 2.45) is 0 Å². The molecule has 0 radical (unpaired) electrons. The lowest BCUT2D eigenvalue weighted by Crippen LogP contribution is -2.48. The van der Waals surface area contributed by atoms with Crippen LogP contribution >= 0.6 is 11.6 Å². The van der Waals surface area contributed by atoms with Crippen molar-refractivity contribution in [1.29, 1.82) is 0 Å². The average molecular weight is 234 g/mol. The maximum Gasteiger partial charge on any atom is 0.0462 e. The summed E-state index contributed by atoms with van der Waals surface area (Å²) in [6, 6.07) is 0. The smallest absolute Gasteiger partial charge is 0.0462 e. The number of hydrogen-bond donors (Lipinski definition) is 1. The van der Waals surface area contributed by atoms with Crippen molar-refractivity contribution in [1.82, 2.24) is 5.32 Å². The Morgan fingerprint density at radius 3 is 2.53 bits per heavy atom. The molecule has 1 aliphatic carbocycles. The van der Waals surface area contributed by atoms with E-state index >= 15 is 0 Å². The van der Waals surface area contributed by atoms with E-state index in [4.69, 9.17) is 16.3 Å². The van der Waals surface area contributed by atoms with Crippen molar-refractivity contribution in [2.45, 2.75) is 50.5 Å². The zero-order valence-corrected chi connectivity index (χ0v) is 10.6. The van der Waals surface area contributed by atoms with Crippen molar-refractivity contribution < 1.29 is 4.74 Å². The SMILES string of the molecule is COCCCCNC1(CCl)CCCCC1. The molecule has 1 fully saturated rings. The van der Waals surface area contributed by atoms with Gasteiger partial charge in [0.15, 0.2) is 0 Å². The highest BCUT2D eigenvalue weighted by Crippen LogP contribution is 2.29. The van der Waals surface area contributed by atoms with Gasteiger partial charge in [-0.05, 0) is 32.2 Å². The number of nitrogens with one attached hydrogen (secondary N) is 1. The first-order valence-corrected chi connectivity index (χ1v) is 6.66. The van der Waals surface area contributed by atoms with E-state index in [1.54, 1.807) is 7.11 Å². The second kappa shape index (κ2) is 7.48. The van der Waals surface area contributed by atoms with E-state index in [0.717, 1.165) is 25.5 Å². The highest BCUT2D eigenvalue weighted by molar-refractivity contribution is 6.18. The fourth-order valence-electron chi connectivity index (χ4n) is 2.31. The number of alkyl halides is 1.